The highest BCUT2D eigenvalue weighted by molar-refractivity contribution is 5.21. The van der Waals surface area contributed by atoms with E-state index in [1.807, 2.05) is 0 Å². The second kappa shape index (κ2) is 4.20. The summed E-state index contributed by atoms with van der Waals surface area (Å²) < 4.78 is 6.63. The lowest BCUT2D eigenvalue weighted by molar-refractivity contribution is -0.773. The number of nitrogens with two attached hydrogens (primary N) is 1. The van der Waals surface area contributed by atoms with Gasteiger partial charge in [-0.05, 0) is 0 Å². The maximum Gasteiger partial charge on any atom is 0.503 e. The molecule has 5 N–H and O–H groups in total. The molecule has 2 heterocycles. The molecule has 16 heavy (non-hydrogen) atoms. The summed E-state index contributed by atoms with van der Waals surface area (Å²) in [5.41, 5.74) is 5.00. The first-order chi connectivity index (χ1) is 7.61. The first-order valence-corrected chi connectivity index (χ1v) is 4.96. The van der Waals surface area contributed by atoms with Crippen LogP contribution in [0.5, 0.6) is 0 Å². The molecular weight excluding hydrogens is 214 g/mol. The Morgan fingerprint density at radius 2 is 2.44 bits per heavy atom. The molecule has 7 nitrogen and oxygen atoms in total. The fourth-order valence-corrected chi connectivity index (χ4v) is 1.73. The number of rotatable bonds is 2. The highest BCUT2D eigenvalue weighted by Crippen LogP contribution is 2.23. The number of anilines is 1. The maximum atomic E-state index is 11.5. The fourth-order valence-electron chi connectivity index (χ4n) is 1.73. The summed E-state index contributed by atoms with van der Waals surface area (Å²) in [7, 11) is 0. The highest BCUT2D eigenvalue weighted by Gasteiger charge is 2.49. The molecule has 2 rings (SSSR count). The minimum atomic E-state index is -0.764. The molecule has 1 aliphatic heterocycles. The zero-order valence-corrected chi connectivity index (χ0v) is 8.54. The Hall–Kier alpha value is -1.44. The average Bonchev–Trinajstić information content (AvgIpc) is 2.59. The second-order valence-corrected chi connectivity index (χ2v) is 3.72. The van der Waals surface area contributed by atoms with E-state index >= 15 is 0 Å². The number of hydrogen-bond donors (Lipinski definition) is 4. The highest BCUT2D eigenvalue weighted by atomic mass is 16.5. The van der Waals surface area contributed by atoms with E-state index in [4.69, 9.17) is 15.6 Å². The number of hydrogen-bond acceptors (Lipinski definition) is 5. The first-order valence-electron chi connectivity index (χ1n) is 4.96. The molecule has 1 saturated heterocycles. The van der Waals surface area contributed by atoms with Gasteiger partial charge in [-0.15, -0.1) is 4.57 Å². The van der Waals surface area contributed by atoms with Gasteiger partial charge in [0.1, 0.15) is 25.3 Å². The lowest BCUT2D eigenvalue weighted by atomic mass is 10.2. The van der Waals surface area contributed by atoms with E-state index in [0.29, 0.717) is 0 Å². The molecular formula is C9H14N3O4+2. The van der Waals surface area contributed by atoms with Crippen LogP contribution in [0.1, 0.15) is 12.6 Å². The Balaban J connectivity index is 2.23. The molecule has 1 radical (unpaired) electrons. The molecule has 0 aliphatic carbocycles. The third-order valence-corrected chi connectivity index (χ3v) is 2.59. The SMILES string of the molecule is Nc1cc[n+]([C@H]2C[C@H](O)[C@@H](CO)[O+]2)c(=O)[nH]1. The van der Waals surface area contributed by atoms with Crippen molar-refractivity contribution in [2.75, 3.05) is 12.3 Å². The van der Waals surface area contributed by atoms with Crippen LogP contribution in [-0.2, 0) is 4.74 Å². The number of nitrogens with one attached hydrogen (secondary N) is 1. The van der Waals surface area contributed by atoms with Gasteiger partial charge in [0, 0.05) is 6.07 Å². The van der Waals surface area contributed by atoms with Crippen molar-refractivity contribution in [3.63, 3.8) is 0 Å². The molecule has 0 amide bonds. The van der Waals surface area contributed by atoms with Crippen molar-refractivity contribution in [3.8, 4) is 0 Å². The van der Waals surface area contributed by atoms with Crippen molar-refractivity contribution in [2.24, 2.45) is 0 Å². The second-order valence-electron chi connectivity index (χ2n) is 3.72. The lowest BCUT2D eigenvalue weighted by Gasteiger charge is -1.97. The topological polar surface area (TPSA) is 115 Å². The summed E-state index contributed by atoms with van der Waals surface area (Å²) in [6.07, 6.45) is -0.223. The van der Waals surface area contributed by atoms with Crippen LogP contribution in [0.15, 0.2) is 17.1 Å². The van der Waals surface area contributed by atoms with Gasteiger partial charge >= 0.3 is 11.9 Å². The van der Waals surface area contributed by atoms with Gasteiger partial charge in [-0.2, -0.15) is 9.78 Å². The minimum Gasteiger partial charge on any atom is -0.388 e. The van der Waals surface area contributed by atoms with Gasteiger partial charge in [-0.3, -0.25) is 0 Å². The van der Waals surface area contributed by atoms with E-state index in [1.165, 1.54) is 16.8 Å². The van der Waals surface area contributed by atoms with Crippen LogP contribution < -0.4 is 16.0 Å². The Labute approximate surface area is 91.1 Å². The minimum absolute atomic E-state index is 0.263. The Bertz CT molecular complexity index is 433. The summed E-state index contributed by atoms with van der Waals surface area (Å²) in [6, 6.07) is 1.53. The third-order valence-electron chi connectivity index (χ3n) is 2.59. The number of aromatic amines is 1. The van der Waals surface area contributed by atoms with Gasteiger partial charge in [-0.1, -0.05) is 4.74 Å². The summed E-state index contributed by atoms with van der Waals surface area (Å²) in [6.45, 7) is -0.273. The zero-order chi connectivity index (χ0) is 11.7. The summed E-state index contributed by atoms with van der Waals surface area (Å²) in [4.78, 5) is 14.0. The number of H-pyrrole nitrogens is 1. The normalized spacial score (nSPS) is 29.5. The predicted octanol–water partition coefficient (Wildman–Crippen LogP) is -2.11. The Kier molecular flexibility index (Phi) is 2.90. The van der Waals surface area contributed by atoms with Gasteiger partial charge in [0.15, 0.2) is 5.82 Å². The number of nitrogen functional groups attached to an aromatic ring is 1. The molecule has 0 bridgehead atoms. The molecule has 1 fully saturated rings. The summed E-state index contributed by atoms with van der Waals surface area (Å²) in [5.74, 6) is 0.263. The standard InChI is InChI=1S/C9H13N3O4/c10-7-1-2-12(9(15)11-7)8-3-5(14)6(4-13)16-8/h1-2,5-6,8,13-14H,3-4H2,(H2,10,11,15)/q+1/p+1/t5-,6+,8+/m0/s1. The monoisotopic (exact) mass is 228 g/mol. The van der Waals surface area contributed by atoms with Crippen molar-refractivity contribution in [1.82, 2.24) is 4.98 Å². The van der Waals surface area contributed by atoms with E-state index < -0.39 is 24.1 Å². The number of ether oxygens (including phenoxy) is 1. The van der Waals surface area contributed by atoms with Crippen LogP contribution in [0.3, 0.4) is 0 Å². The van der Waals surface area contributed by atoms with Crippen molar-refractivity contribution in [2.45, 2.75) is 24.9 Å². The number of aliphatic hydroxyl groups excluding tert-OH is 2. The van der Waals surface area contributed by atoms with Crippen LogP contribution in [0.25, 0.3) is 0 Å². The molecule has 7 heteroatoms. The van der Waals surface area contributed by atoms with Crippen LogP contribution in [0.2, 0.25) is 0 Å². The molecule has 87 valence electrons. The van der Waals surface area contributed by atoms with E-state index in [-0.39, 0.29) is 18.8 Å². The van der Waals surface area contributed by atoms with Crippen molar-refractivity contribution >= 4 is 5.82 Å². The number of nitrogens with zero attached hydrogens (tertiary/aromatic N) is 1. The lowest BCUT2D eigenvalue weighted by Crippen LogP contribution is -2.54. The molecule has 3 atom stereocenters. The molecule has 0 aromatic carbocycles. The quantitative estimate of drug-likeness (QED) is 0.341. The van der Waals surface area contributed by atoms with Gasteiger partial charge in [0.2, 0.25) is 0 Å². The molecule has 1 aromatic rings. The zero-order valence-electron chi connectivity index (χ0n) is 8.54. The smallest absolute Gasteiger partial charge is 0.388 e. The van der Waals surface area contributed by atoms with Crippen molar-refractivity contribution in [1.29, 1.82) is 0 Å². The molecule has 0 saturated carbocycles. The van der Waals surface area contributed by atoms with E-state index in [0.717, 1.165) is 0 Å². The van der Waals surface area contributed by atoms with E-state index in [1.54, 1.807) is 0 Å². The van der Waals surface area contributed by atoms with Crippen molar-refractivity contribution < 1.29 is 19.5 Å². The molecule has 1 aliphatic rings. The van der Waals surface area contributed by atoms with E-state index in [9.17, 15) is 9.90 Å². The summed E-state index contributed by atoms with van der Waals surface area (Å²) in [5, 5.41) is 18.4. The number of aromatic nitrogens is 2. The van der Waals surface area contributed by atoms with Gasteiger partial charge in [-0.25, -0.2) is 0 Å². The van der Waals surface area contributed by atoms with Crippen LogP contribution in [-0.4, -0.2) is 34.0 Å². The largest absolute Gasteiger partial charge is 0.503 e. The van der Waals surface area contributed by atoms with Gasteiger partial charge in [0.25, 0.3) is 6.10 Å². The van der Waals surface area contributed by atoms with Gasteiger partial charge < -0.3 is 15.9 Å². The predicted molar refractivity (Wildman–Crippen MR) is 53.3 cm³/mol. The Morgan fingerprint density at radius 3 is 3.00 bits per heavy atom. The van der Waals surface area contributed by atoms with Crippen molar-refractivity contribution in [3.05, 3.63) is 22.7 Å². The third kappa shape index (κ3) is 1.92. The molecule has 0 spiro atoms. The maximum absolute atomic E-state index is 11.5. The molecule has 1 aromatic heterocycles. The fraction of sp³-hybridized carbons (Fsp3) is 0.556. The van der Waals surface area contributed by atoms with Crippen LogP contribution in [0, 0.1) is 0 Å². The van der Waals surface area contributed by atoms with Crippen LogP contribution >= 0.6 is 0 Å². The van der Waals surface area contributed by atoms with E-state index in [2.05, 4.69) is 4.98 Å². The van der Waals surface area contributed by atoms with Crippen LogP contribution in [0.4, 0.5) is 5.82 Å². The summed E-state index contributed by atoms with van der Waals surface area (Å²) >= 11 is 0. The Morgan fingerprint density at radius 1 is 1.69 bits per heavy atom. The van der Waals surface area contributed by atoms with Gasteiger partial charge in [0.05, 0.1) is 0 Å². The molecule has 0 unspecified atom stereocenters. The number of aliphatic hydroxyl groups is 2. The first kappa shape index (κ1) is 11.1. The average molecular weight is 228 g/mol.